The van der Waals surface area contributed by atoms with Crippen LogP contribution >= 0.6 is 22.9 Å². The number of carbonyl (C=O) groups is 1. The number of carbonyl (C=O) groups excluding carboxylic acids is 1. The third kappa shape index (κ3) is 4.54. The molecule has 1 aromatic heterocycles. The topological polar surface area (TPSA) is 79.4 Å². The first-order valence-electron chi connectivity index (χ1n) is 9.73. The molecule has 0 unspecified atom stereocenters. The molecule has 32 heavy (non-hydrogen) atoms. The number of fused-ring (bicyclic) bond motifs is 1. The summed E-state index contributed by atoms with van der Waals surface area (Å²) in [7, 11) is -2.16. The van der Waals surface area contributed by atoms with Crippen LogP contribution < -0.4 is 5.32 Å². The zero-order valence-electron chi connectivity index (χ0n) is 17.4. The van der Waals surface area contributed by atoms with Gasteiger partial charge in [-0.15, -0.1) is 0 Å². The van der Waals surface area contributed by atoms with E-state index in [-0.39, 0.29) is 17.3 Å². The molecule has 0 aliphatic heterocycles. The second-order valence-corrected chi connectivity index (χ2v) is 10.7. The van der Waals surface area contributed by atoms with Gasteiger partial charge in [-0.3, -0.25) is 10.1 Å². The molecule has 0 aliphatic rings. The summed E-state index contributed by atoms with van der Waals surface area (Å²) in [6.45, 7) is 2.18. The highest BCUT2D eigenvalue weighted by Crippen LogP contribution is 2.34. The Hall–Kier alpha value is -2.78. The van der Waals surface area contributed by atoms with Crippen molar-refractivity contribution in [2.75, 3.05) is 12.4 Å². The van der Waals surface area contributed by atoms with Crippen LogP contribution in [0.4, 0.5) is 5.13 Å². The molecule has 4 aromatic rings. The Balaban J connectivity index is 1.50. The van der Waals surface area contributed by atoms with E-state index >= 15 is 0 Å². The first-order valence-corrected chi connectivity index (χ1v) is 12.4. The van der Waals surface area contributed by atoms with Crippen molar-refractivity contribution in [3.63, 3.8) is 0 Å². The number of benzene rings is 3. The van der Waals surface area contributed by atoms with Crippen LogP contribution in [0.1, 0.15) is 21.5 Å². The van der Waals surface area contributed by atoms with Crippen molar-refractivity contribution in [3.05, 3.63) is 88.4 Å². The fourth-order valence-corrected chi connectivity index (χ4v) is 5.58. The molecule has 0 fully saturated rings. The van der Waals surface area contributed by atoms with Crippen molar-refractivity contribution >= 4 is 54.2 Å². The number of nitrogens with zero attached hydrogens (tertiary/aromatic N) is 2. The largest absolute Gasteiger partial charge is 0.298 e. The summed E-state index contributed by atoms with van der Waals surface area (Å²) in [6.07, 6.45) is 0. The lowest BCUT2D eigenvalue weighted by molar-refractivity contribution is 0.102. The Morgan fingerprint density at radius 3 is 2.41 bits per heavy atom. The molecule has 3 aromatic carbocycles. The van der Waals surface area contributed by atoms with E-state index in [1.165, 1.54) is 47.0 Å². The van der Waals surface area contributed by atoms with Crippen LogP contribution in [0.3, 0.4) is 0 Å². The van der Waals surface area contributed by atoms with E-state index in [9.17, 15) is 13.2 Å². The third-order valence-electron chi connectivity index (χ3n) is 4.99. The molecule has 164 valence electrons. The fraction of sp³-hybridized carbons (Fsp3) is 0.130. The maximum absolute atomic E-state index is 12.9. The van der Waals surface area contributed by atoms with Gasteiger partial charge >= 0.3 is 0 Å². The first kappa shape index (κ1) is 22.4. The van der Waals surface area contributed by atoms with Crippen LogP contribution in [-0.4, -0.2) is 30.7 Å². The van der Waals surface area contributed by atoms with Crippen LogP contribution in [0.15, 0.2) is 71.6 Å². The summed E-state index contributed by atoms with van der Waals surface area (Å²) in [5.41, 5.74) is 2.94. The monoisotopic (exact) mass is 485 g/mol. The molecule has 0 radical (unpaired) electrons. The zero-order chi connectivity index (χ0) is 22.9. The summed E-state index contributed by atoms with van der Waals surface area (Å²) >= 11 is 7.53. The lowest BCUT2D eigenvalue weighted by atomic mass is 10.2. The molecular formula is C23H20ClN3O3S2. The van der Waals surface area contributed by atoms with E-state index in [2.05, 4.69) is 10.3 Å². The number of halogens is 1. The van der Waals surface area contributed by atoms with Crippen molar-refractivity contribution in [1.82, 2.24) is 9.29 Å². The number of hydrogen-bond acceptors (Lipinski definition) is 5. The number of hydrogen-bond donors (Lipinski definition) is 1. The van der Waals surface area contributed by atoms with Crippen molar-refractivity contribution in [2.45, 2.75) is 18.4 Å². The summed E-state index contributed by atoms with van der Waals surface area (Å²) in [5.74, 6) is -0.376. The van der Waals surface area contributed by atoms with Crippen LogP contribution in [0.25, 0.3) is 10.2 Å². The average Bonchev–Trinajstić information content (AvgIpc) is 3.22. The van der Waals surface area contributed by atoms with Gasteiger partial charge in [0.1, 0.15) is 0 Å². The SMILES string of the molecule is Cc1ccc(Cl)c2sc(NC(=O)c3ccc(S(=O)(=O)N(C)Cc4ccccc4)cc3)nc12. The second-order valence-electron chi connectivity index (χ2n) is 7.29. The number of amides is 1. The van der Waals surface area contributed by atoms with Gasteiger partial charge in [-0.1, -0.05) is 59.3 Å². The highest BCUT2D eigenvalue weighted by Gasteiger charge is 2.21. The van der Waals surface area contributed by atoms with E-state index < -0.39 is 10.0 Å². The van der Waals surface area contributed by atoms with Gasteiger partial charge in [0.25, 0.3) is 5.91 Å². The van der Waals surface area contributed by atoms with Gasteiger partial charge in [0, 0.05) is 19.2 Å². The molecule has 0 saturated heterocycles. The van der Waals surface area contributed by atoms with E-state index in [1.807, 2.05) is 43.3 Å². The number of thiazole rings is 1. The first-order chi connectivity index (χ1) is 15.3. The summed E-state index contributed by atoms with van der Waals surface area (Å²) in [4.78, 5) is 17.2. The minimum atomic E-state index is -3.69. The Labute approximate surface area is 195 Å². The molecule has 4 rings (SSSR count). The molecule has 1 heterocycles. The highest BCUT2D eigenvalue weighted by molar-refractivity contribution is 7.89. The Morgan fingerprint density at radius 2 is 1.75 bits per heavy atom. The highest BCUT2D eigenvalue weighted by atomic mass is 35.5. The molecule has 1 N–H and O–H groups in total. The maximum atomic E-state index is 12.9. The number of aromatic nitrogens is 1. The number of sulfonamides is 1. The Bertz CT molecular complexity index is 1350. The number of anilines is 1. The molecule has 0 atom stereocenters. The molecule has 1 amide bonds. The summed E-state index contributed by atoms with van der Waals surface area (Å²) in [6, 6.07) is 18.9. The molecular weight excluding hydrogens is 466 g/mol. The molecule has 6 nitrogen and oxygen atoms in total. The molecule has 0 bridgehead atoms. The summed E-state index contributed by atoms with van der Waals surface area (Å²) in [5, 5.41) is 3.78. The third-order valence-corrected chi connectivity index (χ3v) is 8.24. The normalized spacial score (nSPS) is 11.8. The minimum Gasteiger partial charge on any atom is -0.298 e. The average molecular weight is 486 g/mol. The van der Waals surface area contributed by atoms with Crippen LogP contribution in [0.2, 0.25) is 5.02 Å². The molecule has 0 spiro atoms. The standard InChI is InChI=1S/C23H20ClN3O3S2/c1-15-8-13-19(24)21-20(15)25-23(31-21)26-22(28)17-9-11-18(12-10-17)32(29,30)27(2)14-16-6-4-3-5-7-16/h3-13H,14H2,1-2H3,(H,25,26,28). The maximum Gasteiger partial charge on any atom is 0.257 e. The Morgan fingerprint density at radius 1 is 1.06 bits per heavy atom. The van der Waals surface area contributed by atoms with E-state index in [4.69, 9.17) is 11.6 Å². The van der Waals surface area contributed by atoms with E-state index in [0.29, 0.717) is 15.7 Å². The minimum absolute atomic E-state index is 0.120. The van der Waals surface area contributed by atoms with Crippen molar-refractivity contribution < 1.29 is 13.2 Å². The van der Waals surface area contributed by atoms with Crippen LogP contribution in [0, 0.1) is 6.92 Å². The van der Waals surface area contributed by atoms with Gasteiger partial charge in [0.15, 0.2) is 5.13 Å². The number of aryl methyl sites for hydroxylation is 1. The van der Waals surface area contributed by atoms with Crippen molar-refractivity contribution in [3.8, 4) is 0 Å². The van der Waals surface area contributed by atoms with E-state index in [1.54, 1.807) is 6.07 Å². The Kier molecular flexibility index (Phi) is 6.30. The van der Waals surface area contributed by atoms with Gasteiger partial charge in [-0.2, -0.15) is 4.31 Å². The summed E-state index contributed by atoms with van der Waals surface area (Å²) < 4.78 is 27.8. The van der Waals surface area contributed by atoms with Gasteiger partial charge in [0.2, 0.25) is 10.0 Å². The van der Waals surface area contributed by atoms with Gasteiger partial charge < -0.3 is 0 Å². The van der Waals surface area contributed by atoms with Gasteiger partial charge in [-0.25, -0.2) is 13.4 Å². The van der Waals surface area contributed by atoms with E-state index in [0.717, 1.165) is 21.3 Å². The molecule has 0 saturated carbocycles. The smallest absolute Gasteiger partial charge is 0.257 e. The predicted molar refractivity (Wildman–Crippen MR) is 129 cm³/mol. The lowest BCUT2D eigenvalue weighted by Crippen LogP contribution is -2.26. The molecule has 0 aliphatic carbocycles. The van der Waals surface area contributed by atoms with Crippen LogP contribution in [0.5, 0.6) is 0 Å². The number of nitrogens with one attached hydrogen (secondary N) is 1. The second kappa shape index (κ2) is 8.99. The van der Waals surface area contributed by atoms with Crippen molar-refractivity contribution in [2.24, 2.45) is 0 Å². The fourth-order valence-electron chi connectivity index (χ4n) is 3.21. The quantitative estimate of drug-likeness (QED) is 0.400. The van der Waals surface area contributed by atoms with Crippen molar-refractivity contribution in [1.29, 1.82) is 0 Å². The van der Waals surface area contributed by atoms with Gasteiger partial charge in [0.05, 0.1) is 20.1 Å². The van der Waals surface area contributed by atoms with Crippen LogP contribution in [-0.2, 0) is 16.6 Å². The molecule has 9 heteroatoms. The number of rotatable bonds is 6. The van der Waals surface area contributed by atoms with Gasteiger partial charge in [-0.05, 0) is 48.4 Å². The lowest BCUT2D eigenvalue weighted by Gasteiger charge is -2.17. The predicted octanol–water partition coefficient (Wildman–Crippen LogP) is 5.33. The zero-order valence-corrected chi connectivity index (χ0v) is 19.8.